The predicted octanol–water partition coefficient (Wildman–Crippen LogP) is 4.42. The molecule has 0 fully saturated rings. The van der Waals surface area contributed by atoms with Crippen LogP contribution in [0.1, 0.15) is 18.4 Å². The Labute approximate surface area is 133 Å². The molecule has 0 saturated carbocycles. The van der Waals surface area contributed by atoms with E-state index in [1.807, 2.05) is 25.1 Å². The van der Waals surface area contributed by atoms with Gasteiger partial charge in [-0.15, -0.1) is 0 Å². The molecule has 0 bridgehead atoms. The zero-order chi connectivity index (χ0) is 15.2. The molecule has 0 amide bonds. The summed E-state index contributed by atoms with van der Waals surface area (Å²) in [4.78, 5) is 4.07. The normalized spacial score (nSPS) is 12.9. The van der Waals surface area contributed by atoms with E-state index in [2.05, 4.69) is 15.8 Å². The molecule has 4 nitrogen and oxygen atoms in total. The van der Waals surface area contributed by atoms with Gasteiger partial charge in [-0.2, -0.15) is 0 Å². The van der Waals surface area contributed by atoms with Gasteiger partial charge in [0.1, 0.15) is 5.15 Å². The topological polar surface area (TPSA) is 57.2 Å². The van der Waals surface area contributed by atoms with Crippen LogP contribution in [-0.2, 0) is 0 Å². The van der Waals surface area contributed by atoms with Crippen molar-refractivity contribution in [3.05, 3.63) is 70.2 Å². The van der Waals surface area contributed by atoms with Crippen LogP contribution >= 0.6 is 23.2 Å². The highest BCUT2D eigenvalue weighted by molar-refractivity contribution is 6.30. The van der Waals surface area contributed by atoms with Gasteiger partial charge in [0.05, 0.1) is 0 Å². The maximum absolute atomic E-state index is 8.98. The van der Waals surface area contributed by atoms with Gasteiger partial charge in [0.25, 0.3) is 0 Å². The Hall–Kier alpha value is -1.75. The molecule has 1 heterocycles. The fourth-order valence-corrected chi connectivity index (χ4v) is 2.20. The number of anilines is 1. The van der Waals surface area contributed by atoms with Gasteiger partial charge in [0, 0.05) is 34.7 Å². The summed E-state index contributed by atoms with van der Waals surface area (Å²) in [5.74, 6) is -0.0200. The van der Waals surface area contributed by atoms with Gasteiger partial charge in [-0.3, -0.25) is 10.7 Å². The Kier molecular flexibility index (Phi) is 5.44. The molecule has 0 aliphatic rings. The predicted molar refractivity (Wildman–Crippen MR) is 85.7 cm³/mol. The van der Waals surface area contributed by atoms with Crippen molar-refractivity contribution in [3.63, 3.8) is 0 Å². The molecule has 6 heteroatoms. The monoisotopic (exact) mass is 323 g/mol. The molecule has 0 aliphatic carbocycles. The van der Waals surface area contributed by atoms with Crippen LogP contribution in [0.3, 0.4) is 0 Å². The Bertz CT molecular complexity index is 629. The first kappa shape index (κ1) is 15.6. The second kappa shape index (κ2) is 7.31. The van der Waals surface area contributed by atoms with E-state index in [-0.39, 0.29) is 5.92 Å². The Morgan fingerprint density at radius 1 is 1.29 bits per heavy atom. The molecule has 3 N–H and O–H groups in total. The van der Waals surface area contributed by atoms with Crippen molar-refractivity contribution in [2.24, 2.45) is 0 Å². The van der Waals surface area contributed by atoms with Gasteiger partial charge >= 0.3 is 0 Å². The minimum atomic E-state index is -0.0200. The van der Waals surface area contributed by atoms with E-state index < -0.39 is 0 Å². The van der Waals surface area contributed by atoms with E-state index in [4.69, 9.17) is 28.4 Å². The average molecular weight is 324 g/mol. The molecule has 0 spiro atoms. The molecular formula is C15H15Cl2N3O. The molecule has 1 aromatic heterocycles. The summed E-state index contributed by atoms with van der Waals surface area (Å²) in [6.07, 6.45) is 3.19. The molecule has 2 aromatic rings. The number of hydroxylamine groups is 1. The van der Waals surface area contributed by atoms with Gasteiger partial charge < -0.3 is 5.32 Å². The molecule has 21 heavy (non-hydrogen) atoms. The number of pyridine rings is 1. The van der Waals surface area contributed by atoms with E-state index in [0.717, 1.165) is 16.9 Å². The first-order valence-electron chi connectivity index (χ1n) is 6.34. The fourth-order valence-electron chi connectivity index (χ4n) is 1.89. The minimum absolute atomic E-state index is 0.0200. The Morgan fingerprint density at radius 3 is 2.71 bits per heavy atom. The number of nitrogens with one attached hydrogen (secondary N) is 2. The first-order chi connectivity index (χ1) is 10.1. The average Bonchev–Trinajstić information content (AvgIpc) is 2.47. The highest BCUT2D eigenvalue weighted by Gasteiger charge is 2.12. The summed E-state index contributed by atoms with van der Waals surface area (Å²) >= 11 is 11.8. The first-order valence-corrected chi connectivity index (χ1v) is 7.09. The van der Waals surface area contributed by atoms with Gasteiger partial charge in [-0.1, -0.05) is 42.3 Å². The minimum Gasteiger partial charge on any atom is -0.357 e. The molecule has 1 unspecified atom stereocenters. The number of aromatic nitrogens is 1. The van der Waals surface area contributed by atoms with Crippen molar-refractivity contribution in [1.82, 2.24) is 10.5 Å². The molecule has 1 aromatic carbocycles. The molecule has 0 aliphatic heterocycles. The van der Waals surface area contributed by atoms with Crippen LogP contribution in [0, 0.1) is 0 Å². The Balaban J connectivity index is 2.22. The number of halogens is 2. The second-order valence-corrected chi connectivity index (χ2v) is 5.32. The highest BCUT2D eigenvalue weighted by atomic mass is 35.5. The molecule has 0 radical (unpaired) electrons. The fraction of sp³-hybridized carbons (Fsp3) is 0.133. The summed E-state index contributed by atoms with van der Waals surface area (Å²) in [5.41, 5.74) is 4.63. The van der Waals surface area contributed by atoms with Crippen LogP contribution < -0.4 is 10.8 Å². The lowest BCUT2D eigenvalue weighted by Gasteiger charge is -2.18. The number of nitrogens with zero attached hydrogens (tertiary/aromatic N) is 1. The smallest absolute Gasteiger partial charge is 0.129 e. The summed E-state index contributed by atoms with van der Waals surface area (Å²) in [6, 6.07) is 11.0. The summed E-state index contributed by atoms with van der Waals surface area (Å²) in [5, 5.41) is 13.3. The van der Waals surface area contributed by atoms with Gasteiger partial charge in [0.15, 0.2) is 0 Å². The highest BCUT2D eigenvalue weighted by Crippen LogP contribution is 2.26. The third kappa shape index (κ3) is 4.36. The number of allylic oxidation sites excluding steroid dienone is 1. The summed E-state index contributed by atoms with van der Waals surface area (Å²) in [7, 11) is 0. The van der Waals surface area contributed by atoms with E-state index in [1.165, 1.54) is 6.20 Å². The quantitative estimate of drug-likeness (QED) is 0.563. The van der Waals surface area contributed by atoms with Crippen LogP contribution in [0.15, 0.2) is 54.5 Å². The SMILES string of the molecule is CC(/C(=C/NO)Nc1cccc(Cl)c1)c1ccc(Cl)nc1. The van der Waals surface area contributed by atoms with E-state index >= 15 is 0 Å². The molecular weight excluding hydrogens is 309 g/mol. The van der Waals surface area contributed by atoms with E-state index in [0.29, 0.717) is 10.2 Å². The zero-order valence-electron chi connectivity index (χ0n) is 11.3. The van der Waals surface area contributed by atoms with Crippen LogP contribution in [0.2, 0.25) is 10.2 Å². The molecule has 2 rings (SSSR count). The number of rotatable bonds is 5. The van der Waals surface area contributed by atoms with Crippen molar-refractivity contribution in [2.45, 2.75) is 12.8 Å². The van der Waals surface area contributed by atoms with Gasteiger partial charge in [-0.25, -0.2) is 4.98 Å². The maximum atomic E-state index is 8.98. The van der Waals surface area contributed by atoms with Crippen LogP contribution in [0.4, 0.5) is 5.69 Å². The molecule has 110 valence electrons. The van der Waals surface area contributed by atoms with Crippen molar-refractivity contribution in [3.8, 4) is 0 Å². The van der Waals surface area contributed by atoms with Crippen LogP contribution in [-0.4, -0.2) is 10.2 Å². The van der Waals surface area contributed by atoms with Gasteiger partial charge in [0.2, 0.25) is 0 Å². The molecule has 0 saturated heterocycles. The van der Waals surface area contributed by atoms with Gasteiger partial charge in [-0.05, 0) is 29.8 Å². The Morgan fingerprint density at radius 2 is 2.10 bits per heavy atom. The van der Waals surface area contributed by atoms with E-state index in [1.54, 1.807) is 24.4 Å². The summed E-state index contributed by atoms with van der Waals surface area (Å²) in [6.45, 7) is 1.99. The largest absolute Gasteiger partial charge is 0.357 e. The van der Waals surface area contributed by atoms with E-state index in [9.17, 15) is 0 Å². The zero-order valence-corrected chi connectivity index (χ0v) is 12.9. The van der Waals surface area contributed by atoms with Crippen molar-refractivity contribution < 1.29 is 5.21 Å². The van der Waals surface area contributed by atoms with Crippen LogP contribution in [0.5, 0.6) is 0 Å². The third-order valence-electron chi connectivity index (χ3n) is 3.05. The third-order valence-corrected chi connectivity index (χ3v) is 3.51. The summed E-state index contributed by atoms with van der Waals surface area (Å²) < 4.78 is 0. The lowest BCUT2D eigenvalue weighted by molar-refractivity contribution is 0.213. The van der Waals surface area contributed by atoms with Crippen molar-refractivity contribution in [1.29, 1.82) is 0 Å². The second-order valence-electron chi connectivity index (χ2n) is 4.50. The standard InChI is InChI=1S/C15H15Cl2N3O/c1-10(11-5-6-15(17)18-8-11)14(9-19-21)20-13-4-2-3-12(16)7-13/h2-10,19-21H,1H3/b14-9-. The van der Waals surface area contributed by atoms with Crippen molar-refractivity contribution >= 4 is 28.9 Å². The number of hydrogen-bond donors (Lipinski definition) is 3. The lowest BCUT2D eigenvalue weighted by atomic mass is 9.99. The molecule has 1 atom stereocenters. The van der Waals surface area contributed by atoms with Crippen LogP contribution in [0.25, 0.3) is 0 Å². The number of benzene rings is 1. The maximum Gasteiger partial charge on any atom is 0.129 e. The van der Waals surface area contributed by atoms with Crippen molar-refractivity contribution in [2.75, 3.05) is 5.32 Å². The lowest BCUT2D eigenvalue weighted by Crippen LogP contribution is -2.12. The number of hydrogen-bond acceptors (Lipinski definition) is 4.